The molecular weight excluding hydrogens is 308 g/mol. The van der Waals surface area contributed by atoms with E-state index in [4.69, 9.17) is 5.11 Å². The predicted molar refractivity (Wildman–Crippen MR) is 88.3 cm³/mol. The zero-order valence-electron chi connectivity index (χ0n) is 12.5. The highest BCUT2D eigenvalue weighted by Crippen LogP contribution is 2.16. The number of rotatable bonds is 8. The molecule has 2 atom stereocenters. The summed E-state index contributed by atoms with van der Waals surface area (Å²) in [5.41, 5.74) is 0. The third kappa shape index (κ3) is 6.86. The molecule has 118 valence electrons. The van der Waals surface area contributed by atoms with Crippen molar-refractivity contribution in [2.75, 3.05) is 12.0 Å². The number of aryl methyl sites for hydroxylation is 1. The van der Waals surface area contributed by atoms with E-state index in [1.807, 2.05) is 20.1 Å². The highest BCUT2D eigenvalue weighted by Gasteiger charge is 2.20. The Morgan fingerprint density at radius 2 is 2.10 bits per heavy atom. The standard InChI is InChI=1S/C14H22N2O3S2/c1-9(8-11-5-4-10(2)21-11)15-14(19)16-12(13(17)18)6-7-20-3/h4-5,9,12H,6-8H2,1-3H3,(H,17,18)(H2,15,16,19). The third-order valence-electron chi connectivity index (χ3n) is 2.89. The number of amides is 2. The first-order valence-corrected chi connectivity index (χ1v) is 8.97. The van der Waals surface area contributed by atoms with E-state index in [2.05, 4.69) is 22.8 Å². The van der Waals surface area contributed by atoms with Crippen molar-refractivity contribution in [2.24, 2.45) is 0 Å². The number of thiophene rings is 1. The van der Waals surface area contributed by atoms with Crippen molar-refractivity contribution < 1.29 is 14.7 Å². The van der Waals surface area contributed by atoms with Crippen LogP contribution in [0.2, 0.25) is 0 Å². The predicted octanol–water partition coefficient (Wildman–Crippen LogP) is 2.49. The summed E-state index contributed by atoms with van der Waals surface area (Å²) in [6.45, 7) is 3.95. The molecule has 0 aliphatic rings. The lowest BCUT2D eigenvalue weighted by Crippen LogP contribution is -2.49. The van der Waals surface area contributed by atoms with E-state index in [1.54, 1.807) is 23.1 Å². The molecule has 21 heavy (non-hydrogen) atoms. The Labute approximate surface area is 133 Å². The molecule has 7 heteroatoms. The molecular formula is C14H22N2O3S2. The van der Waals surface area contributed by atoms with Crippen LogP contribution >= 0.6 is 23.1 Å². The van der Waals surface area contributed by atoms with E-state index in [0.717, 1.165) is 6.42 Å². The van der Waals surface area contributed by atoms with Crippen LogP contribution in [0.1, 0.15) is 23.1 Å². The number of carbonyl (C=O) groups excluding carboxylic acids is 1. The SMILES string of the molecule is CSCCC(NC(=O)NC(C)Cc1ccc(C)s1)C(=O)O. The van der Waals surface area contributed by atoms with Gasteiger partial charge in [-0.2, -0.15) is 11.8 Å². The van der Waals surface area contributed by atoms with Crippen molar-refractivity contribution >= 4 is 35.1 Å². The maximum atomic E-state index is 11.8. The minimum Gasteiger partial charge on any atom is -0.480 e. The average molecular weight is 330 g/mol. The molecule has 0 radical (unpaired) electrons. The number of hydrogen-bond acceptors (Lipinski definition) is 4. The number of nitrogens with one attached hydrogen (secondary N) is 2. The number of urea groups is 1. The molecule has 0 aliphatic carbocycles. The number of carbonyl (C=O) groups is 2. The molecule has 0 saturated carbocycles. The Morgan fingerprint density at radius 1 is 1.38 bits per heavy atom. The van der Waals surface area contributed by atoms with E-state index in [0.29, 0.717) is 12.2 Å². The lowest BCUT2D eigenvalue weighted by atomic mass is 10.2. The summed E-state index contributed by atoms with van der Waals surface area (Å²) >= 11 is 3.26. The second kappa shape index (κ2) is 8.94. The fourth-order valence-electron chi connectivity index (χ4n) is 1.86. The first kappa shape index (κ1) is 17.8. The van der Waals surface area contributed by atoms with Crippen LogP contribution in [0.3, 0.4) is 0 Å². The van der Waals surface area contributed by atoms with Crippen LogP contribution in [-0.4, -0.2) is 41.2 Å². The highest BCUT2D eigenvalue weighted by molar-refractivity contribution is 7.98. The molecule has 1 heterocycles. The Balaban J connectivity index is 2.41. The van der Waals surface area contributed by atoms with Gasteiger partial charge in [0, 0.05) is 22.2 Å². The third-order valence-corrected chi connectivity index (χ3v) is 4.56. The van der Waals surface area contributed by atoms with Gasteiger partial charge in [-0.25, -0.2) is 9.59 Å². The van der Waals surface area contributed by atoms with Crippen LogP contribution in [-0.2, 0) is 11.2 Å². The highest BCUT2D eigenvalue weighted by atomic mass is 32.2. The van der Waals surface area contributed by atoms with E-state index < -0.39 is 18.0 Å². The van der Waals surface area contributed by atoms with Crippen LogP contribution in [0, 0.1) is 6.92 Å². The molecule has 0 aromatic carbocycles. The van der Waals surface area contributed by atoms with E-state index in [1.165, 1.54) is 9.75 Å². The van der Waals surface area contributed by atoms with Crippen molar-refractivity contribution in [3.05, 3.63) is 21.9 Å². The topological polar surface area (TPSA) is 78.4 Å². The quantitative estimate of drug-likeness (QED) is 0.684. The Bertz CT molecular complexity index is 477. The van der Waals surface area contributed by atoms with Gasteiger partial charge in [0.05, 0.1) is 0 Å². The van der Waals surface area contributed by atoms with Gasteiger partial charge in [0.1, 0.15) is 6.04 Å². The number of carboxylic acids is 1. The fraction of sp³-hybridized carbons (Fsp3) is 0.571. The fourth-order valence-corrected chi connectivity index (χ4v) is 3.35. The van der Waals surface area contributed by atoms with Crippen LogP contribution in [0.15, 0.2) is 12.1 Å². The van der Waals surface area contributed by atoms with E-state index in [-0.39, 0.29) is 6.04 Å². The van der Waals surface area contributed by atoms with Gasteiger partial charge in [0.2, 0.25) is 0 Å². The molecule has 1 rings (SSSR count). The lowest BCUT2D eigenvalue weighted by molar-refractivity contribution is -0.139. The van der Waals surface area contributed by atoms with E-state index >= 15 is 0 Å². The van der Waals surface area contributed by atoms with Gasteiger partial charge in [-0.05, 0) is 44.4 Å². The summed E-state index contributed by atoms with van der Waals surface area (Å²) in [4.78, 5) is 25.4. The molecule has 0 saturated heterocycles. The van der Waals surface area contributed by atoms with Gasteiger partial charge < -0.3 is 15.7 Å². The maximum Gasteiger partial charge on any atom is 0.326 e. The largest absolute Gasteiger partial charge is 0.480 e. The van der Waals surface area contributed by atoms with Crippen molar-refractivity contribution in [1.82, 2.24) is 10.6 Å². The number of thioether (sulfide) groups is 1. The normalized spacial score (nSPS) is 13.5. The molecule has 0 aliphatic heterocycles. The number of aliphatic carboxylic acids is 1. The van der Waals surface area contributed by atoms with Gasteiger partial charge >= 0.3 is 12.0 Å². The smallest absolute Gasteiger partial charge is 0.326 e. The van der Waals surface area contributed by atoms with Crippen molar-refractivity contribution in [3.63, 3.8) is 0 Å². The Hall–Kier alpha value is -1.21. The van der Waals surface area contributed by atoms with Gasteiger partial charge in [0.15, 0.2) is 0 Å². The van der Waals surface area contributed by atoms with Crippen molar-refractivity contribution in [1.29, 1.82) is 0 Å². The minimum atomic E-state index is -0.999. The summed E-state index contributed by atoms with van der Waals surface area (Å²) < 4.78 is 0. The lowest BCUT2D eigenvalue weighted by Gasteiger charge is -2.17. The summed E-state index contributed by atoms with van der Waals surface area (Å²) in [5.74, 6) is -0.304. The average Bonchev–Trinajstić information content (AvgIpc) is 2.79. The minimum absolute atomic E-state index is 0.0435. The first-order valence-electron chi connectivity index (χ1n) is 6.76. The molecule has 0 spiro atoms. The van der Waals surface area contributed by atoms with Crippen molar-refractivity contribution in [3.8, 4) is 0 Å². The molecule has 0 fully saturated rings. The Morgan fingerprint density at radius 3 is 2.62 bits per heavy atom. The van der Waals surface area contributed by atoms with Crippen molar-refractivity contribution in [2.45, 2.75) is 38.8 Å². The zero-order chi connectivity index (χ0) is 15.8. The Kier molecular flexibility index (Phi) is 7.60. The first-order chi connectivity index (χ1) is 9.92. The molecule has 5 nitrogen and oxygen atoms in total. The van der Waals surface area contributed by atoms with Gasteiger partial charge in [-0.15, -0.1) is 11.3 Å². The van der Waals surface area contributed by atoms with Crippen LogP contribution in [0.25, 0.3) is 0 Å². The van der Waals surface area contributed by atoms with E-state index in [9.17, 15) is 9.59 Å². The molecule has 1 aromatic rings. The second-order valence-electron chi connectivity index (χ2n) is 4.91. The molecule has 3 N–H and O–H groups in total. The van der Waals surface area contributed by atoms with Crippen LogP contribution in [0.4, 0.5) is 4.79 Å². The summed E-state index contributed by atoms with van der Waals surface area (Å²) in [7, 11) is 0. The van der Waals surface area contributed by atoms with Crippen LogP contribution < -0.4 is 10.6 Å². The monoisotopic (exact) mass is 330 g/mol. The molecule has 2 unspecified atom stereocenters. The van der Waals surface area contributed by atoms with Gasteiger partial charge in [-0.3, -0.25) is 0 Å². The van der Waals surface area contributed by atoms with Gasteiger partial charge in [0.25, 0.3) is 0 Å². The zero-order valence-corrected chi connectivity index (χ0v) is 14.1. The number of carboxylic acid groups (broad SMARTS) is 1. The second-order valence-corrected chi connectivity index (χ2v) is 7.27. The molecule has 1 aromatic heterocycles. The summed E-state index contributed by atoms with van der Waals surface area (Å²) in [6, 6.07) is 2.79. The molecule has 0 bridgehead atoms. The van der Waals surface area contributed by atoms with Crippen LogP contribution in [0.5, 0.6) is 0 Å². The summed E-state index contributed by atoms with van der Waals surface area (Å²) in [6.07, 6.45) is 3.07. The summed E-state index contributed by atoms with van der Waals surface area (Å²) in [5, 5.41) is 14.4. The maximum absolute atomic E-state index is 11.8. The number of hydrogen-bond donors (Lipinski definition) is 3. The molecule has 2 amide bonds. The van der Waals surface area contributed by atoms with Gasteiger partial charge in [-0.1, -0.05) is 0 Å².